The first-order valence-electron chi connectivity index (χ1n) is 11.4. The van der Waals surface area contributed by atoms with E-state index in [1.165, 1.54) is 0 Å². The molecular formula is C25H27N5O3. The van der Waals surface area contributed by atoms with E-state index in [9.17, 15) is 9.59 Å². The second kappa shape index (κ2) is 8.74. The molecule has 0 N–H and O–H groups in total. The van der Waals surface area contributed by atoms with Crippen LogP contribution >= 0.6 is 0 Å². The van der Waals surface area contributed by atoms with Crippen molar-refractivity contribution in [1.82, 2.24) is 14.8 Å². The molecule has 5 rings (SSSR count). The van der Waals surface area contributed by atoms with Crippen molar-refractivity contribution < 1.29 is 14.3 Å². The number of likely N-dealkylation sites (tertiary alicyclic amines) is 1. The zero-order valence-electron chi connectivity index (χ0n) is 18.7. The number of amides is 2. The van der Waals surface area contributed by atoms with Gasteiger partial charge in [0.2, 0.25) is 11.8 Å². The van der Waals surface area contributed by atoms with Crippen LogP contribution in [0.1, 0.15) is 36.6 Å². The summed E-state index contributed by atoms with van der Waals surface area (Å²) in [6.45, 7) is 2.57. The van der Waals surface area contributed by atoms with Gasteiger partial charge in [0.15, 0.2) is 0 Å². The van der Waals surface area contributed by atoms with Gasteiger partial charge in [0.05, 0.1) is 31.0 Å². The number of anilines is 1. The van der Waals surface area contributed by atoms with Crippen molar-refractivity contribution in [2.24, 2.45) is 5.92 Å². The van der Waals surface area contributed by atoms with E-state index in [1.807, 2.05) is 46.2 Å². The van der Waals surface area contributed by atoms with Gasteiger partial charge in [0.25, 0.3) is 0 Å². The van der Waals surface area contributed by atoms with Crippen molar-refractivity contribution in [3.63, 3.8) is 0 Å². The van der Waals surface area contributed by atoms with Crippen molar-refractivity contribution in [2.75, 3.05) is 38.2 Å². The summed E-state index contributed by atoms with van der Waals surface area (Å²) in [6, 6.07) is 13.4. The SMILES string of the molecule is COc1cccc([C@@H]2[C@H](C(=O)N3CCN(c4ccc(C#N)nc4)CC3)CC(=O)N2C2CC2)c1. The number of pyridine rings is 1. The van der Waals surface area contributed by atoms with Crippen LogP contribution in [0.5, 0.6) is 5.75 Å². The minimum Gasteiger partial charge on any atom is -0.497 e. The average molecular weight is 446 g/mol. The summed E-state index contributed by atoms with van der Waals surface area (Å²) in [5, 5.41) is 8.94. The van der Waals surface area contributed by atoms with Gasteiger partial charge < -0.3 is 19.4 Å². The van der Waals surface area contributed by atoms with Gasteiger partial charge in [-0.25, -0.2) is 4.98 Å². The summed E-state index contributed by atoms with van der Waals surface area (Å²) >= 11 is 0. The summed E-state index contributed by atoms with van der Waals surface area (Å²) < 4.78 is 5.41. The maximum atomic E-state index is 13.6. The van der Waals surface area contributed by atoms with Gasteiger partial charge in [-0.15, -0.1) is 0 Å². The van der Waals surface area contributed by atoms with Crippen molar-refractivity contribution in [1.29, 1.82) is 5.26 Å². The Labute approximate surface area is 193 Å². The fraction of sp³-hybridized carbons (Fsp3) is 0.440. The van der Waals surface area contributed by atoms with Crippen LogP contribution in [0.4, 0.5) is 5.69 Å². The lowest BCUT2D eigenvalue weighted by molar-refractivity contribution is -0.136. The third kappa shape index (κ3) is 4.11. The second-order valence-electron chi connectivity index (χ2n) is 8.89. The van der Waals surface area contributed by atoms with E-state index in [0.29, 0.717) is 31.9 Å². The third-order valence-corrected chi connectivity index (χ3v) is 6.88. The molecule has 1 aromatic carbocycles. The van der Waals surface area contributed by atoms with Crippen LogP contribution in [0.3, 0.4) is 0 Å². The zero-order chi connectivity index (χ0) is 22.9. The van der Waals surface area contributed by atoms with Crippen molar-refractivity contribution in [3.05, 3.63) is 53.9 Å². The van der Waals surface area contributed by atoms with Crippen LogP contribution in [0.15, 0.2) is 42.6 Å². The normalized spacial score (nSPS) is 22.9. The molecule has 2 amide bonds. The van der Waals surface area contributed by atoms with Crippen LogP contribution < -0.4 is 9.64 Å². The lowest BCUT2D eigenvalue weighted by atomic mass is 9.91. The summed E-state index contributed by atoms with van der Waals surface area (Å²) in [6.07, 6.45) is 3.98. The number of carbonyl (C=O) groups excluding carboxylic acids is 2. The predicted molar refractivity (Wildman–Crippen MR) is 121 cm³/mol. The number of carbonyl (C=O) groups is 2. The topological polar surface area (TPSA) is 89.8 Å². The Morgan fingerprint density at radius 1 is 1.15 bits per heavy atom. The van der Waals surface area contributed by atoms with Crippen LogP contribution in [-0.2, 0) is 9.59 Å². The average Bonchev–Trinajstić information content (AvgIpc) is 3.65. The Bertz CT molecular complexity index is 1080. The van der Waals surface area contributed by atoms with Gasteiger partial charge in [-0.2, -0.15) is 5.26 Å². The monoisotopic (exact) mass is 445 g/mol. The molecule has 8 heteroatoms. The van der Waals surface area contributed by atoms with E-state index in [4.69, 9.17) is 10.00 Å². The molecule has 8 nitrogen and oxygen atoms in total. The number of aromatic nitrogens is 1. The third-order valence-electron chi connectivity index (χ3n) is 6.88. The van der Waals surface area contributed by atoms with E-state index >= 15 is 0 Å². The first-order valence-corrected chi connectivity index (χ1v) is 11.4. The van der Waals surface area contributed by atoms with Crippen LogP contribution in [-0.4, -0.2) is 65.9 Å². The maximum Gasteiger partial charge on any atom is 0.228 e. The van der Waals surface area contributed by atoms with Gasteiger partial charge in [0, 0.05) is 38.6 Å². The predicted octanol–water partition coefficient (Wildman–Crippen LogP) is 2.36. The molecule has 3 fully saturated rings. The van der Waals surface area contributed by atoms with Crippen molar-refractivity contribution in [2.45, 2.75) is 31.3 Å². The lowest BCUT2D eigenvalue weighted by Gasteiger charge is -2.38. The number of nitriles is 1. The molecule has 0 bridgehead atoms. The van der Waals surface area contributed by atoms with Gasteiger partial charge in [-0.3, -0.25) is 9.59 Å². The first kappa shape index (κ1) is 21.3. The first-order chi connectivity index (χ1) is 16.1. The Morgan fingerprint density at radius 3 is 2.58 bits per heavy atom. The molecule has 1 aromatic heterocycles. The molecule has 3 heterocycles. The molecule has 2 atom stereocenters. The highest BCUT2D eigenvalue weighted by Gasteiger charge is 2.50. The van der Waals surface area contributed by atoms with Crippen molar-refractivity contribution >= 4 is 17.5 Å². The quantitative estimate of drug-likeness (QED) is 0.702. The minimum absolute atomic E-state index is 0.0527. The number of piperazine rings is 1. The van der Waals surface area contributed by atoms with Crippen LogP contribution in [0.2, 0.25) is 0 Å². The second-order valence-corrected chi connectivity index (χ2v) is 8.89. The highest BCUT2D eigenvalue weighted by molar-refractivity contribution is 5.91. The van der Waals surface area contributed by atoms with Crippen molar-refractivity contribution in [3.8, 4) is 11.8 Å². The van der Waals surface area contributed by atoms with E-state index in [0.717, 1.165) is 29.8 Å². The summed E-state index contributed by atoms with van der Waals surface area (Å²) in [4.78, 5) is 36.8. The highest BCUT2D eigenvalue weighted by Crippen LogP contribution is 2.46. The standard InChI is InChI=1S/C25H27N5O3/c1-33-21-4-2-3-17(13-21)24-22(14-23(31)30(24)19-7-8-19)25(32)29-11-9-28(10-12-29)20-6-5-18(15-26)27-16-20/h2-6,13,16,19,22,24H,7-12,14H2,1H3/t22-,24-/m1/s1. The number of hydrogen-bond acceptors (Lipinski definition) is 6. The fourth-order valence-electron chi connectivity index (χ4n) is 5.04. The number of methoxy groups -OCH3 is 1. The number of nitrogens with zero attached hydrogens (tertiary/aromatic N) is 5. The van der Waals surface area contributed by atoms with Gasteiger partial charge in [-0.05, 0) is 42.7 Å². The molecule has 1 aliphatic carbocycles. The van der Waals surface area contributed by atoms with Crippen LogP contribution in [0, 0.1) is 17.2 Å². The molecular weight excluding hydrogens is 418 g/mol. The Morgan fingerprint density at radius 2 is 1.94 bits per heavy atom. The lowest BCUT2D eigenvalue weighted by Crippen LogP contribution is -2.51. The van der Waals surface area contributed by atoms with Gasteiger partial charge >= 0.3 is 0 Å². The van der Waals surface area contributed by atoms with Gasteiger partial charge in [-0.1, -0.05) is 12.1 Å². The molecule has 2 aromatic rings. The highest BCUT2D eigenvalue weighted by atomic mass is 16.5. The number of rotatable bonds is 5. The molecule has 0 radical (unpaired) electrons. The largest absolute Gasteiger partial charge is 0.497 e. The zero-order valence-corrected chi connectivity index (χ0v) is 18.7. The summed E-state index contributed by atoms with van der Waals surface area (Å²) in [5.74, 6) is 0.481. The van der Waals surface area contributed by atoms with E-state index in [2.05, 4.69) is 9.88 Å². The fourth-order valence-corrected chi connectivity index (χ4v) is 5.04. The smallest absolute Gasteiger partial charge is 0.228 e. The maximum absolute atomic E-state index is 13.6. The molecule has 3 aliphatic rings. The number of benzene rings is 1. The number of hydrogen-bond donors (Lipinski definition) is 0. The summed E-state index contributed by atoms with van der Waals surface area (Å²) in [5.41, 5.74) is 2.31. The Kier molecular flexibility index (Phi) is 5.63. The van der Waals surface area contributed by atoms with E-state index in [1.54, 1.807) is 19.4 Å². The molecule has 0 spiro atoms. The molecule has 1 saturated carbocycles. The summed E-state index contributed by atoms with van der Waals surface area (Å²) in [7, 11) is 1.63. The van der Waals surface area contributed by atoms with Gasteiger partial charge in [0.1, 0.15) is 17.5 Å². The molecule has 0 unspecified atom stereocenters. The minimum atomic E-state index is -0.381. The number of ether oxygens (including phenoxy) is 1. The van der Waals surface area contributed by atoms with Crippen LogP contribution in [0.25, 0.3) is 0 Å². The molecule has 2 saturated heterocycles. The van der Waals surface area contributed by atoms with E-state index < -0.39 is 0 Å². The Balaban J connectivity index is 1.32. The van der Waals surface area contributed by atoms with E-state index in [-0.39, 0.29) is 36.2 Å². The Hall–Kier alpha value is -3.60. The molecule has 33 heavy (non-hydrogen) atoms. The molecule has 2 aliphatic heterocycles. The molecule has 170 valence electrons.